The van der Waals surface area contributed by atoms with Crippen molar-refractivity contribution in [1.82, 2.24) is 10.2 Å². The molecule has 0 aliphatic rings. The molecule has 4 nitrogen and oxygen atoms in total. The fourth-order valence-electron chi connectivity index (χ4n) is 1.17. The van der Waals surface area contributed by atoms with E-state index in [-0.39, 0.29) is 12.5 Å². The monoisotopic (exact) mass is 200 g/mol. The normalized spacial score (nSPS) is 9.86. The van der Waals surface area contributed by atoms with Gasteiger partial charge in [-0.05, 0) is 20.0 Å². The van der Waals surface area contributed by atoms with Crippen molar-refractivity contribution >= 4 is 5.91 Å². The van der Waals surface area contributed by atoms with E-state index in [1.54, 1.807) is 11.0 Å². The maximum Gasteiger partial charge on any atom is 0.222 e. The quantitative estimate of drug-likeness (QED) is 0.428. The molecular formula is C10H20N2O2. The average molecular weight is 200 g/mol. The van der Waals surface area contributed by atoms with E-state index in [9.17, 15) is 4.79 Å². The summed E-state index contributed by atoms with van der Waals surface area (Å²) >= 11 is 0. The number of nitrogens with one attached hydrogen (secondary N) is 1. The van der Waals surface area contributed by atoms with Gasteiger partial charge in [0.2, 0.25) is 5.91 Å². The Kier molecular flexibility index (Phi) is 8.17. The molecule has 1 amide bonds. The third-order valence-corrected chi connectivity index (χ3v) is 1.89. The molecule has 0 saturated heterocycles. The van der Waals surface area contributed by atoms with E-state index < -0.39 is 0 Å². The van der Waals surface area contributed by atoms with E-state index in [1.807, 2.05) is 7.05 Å². The smallest absolute Gasteiger partial charge is 0.222 e. The second-order valence-electron chi connectivity index (χ2n) is 3.06. The Balaban J connectivity index is 3.81. The van der Waals surface area contributed by atoms with Crippen LogP contribution in [0.2, 0.25) is 0 Å². The van der Waals surface area contributed by atoms with Crippen LogP contribution in [0.3, 0.4) is 0 Å². The Bertz CT molecular complexity index is 172. The highest BCUT2D eigenvalue weighted by Crippen LogP contribution is 1.97. The van der Waals surface area contributed by atoms with Gasteiger partial charge >= 0.3 is 0 Å². The Labute approximate surface area is 85.6 Å². The van der Waals surface area contributed by atoms with Gasteiger partial charge in [-0.25, -0.2) is 0 Å². The van der Waals surface area contributed by atoms with Crippen molar-refractivity contribution in [3.8, 4) is 0 Å². The first-order chi connectivity index (χ1) is 6.76. The Morgan fingerprint density at radius 1 is 1.64 bits per heavy atom. The van der Waals surface area contributed by atoms with Crippen molar-refractivity contribution in [1.29, 1.82) is 0 Å². The number of carbonyl (C=O) groups is 1. The Morgan fingerprint density at radius 3 is 2.86 bits per heavy atom. The van der Waals surface area contributed by atoms with E-state index in [0.717, 1.165) is 13.0 Å². The van der Waals surface area contributed by atoms with Crippen LogP contribution in [0.5, 0.6) is 0 Å². The van der Waals surface area contributed by atoms with Crippen LogP contribution in [0.4, 0.5) is 0 Å². The summed E-state index contributed by atoms with van der Waals surface area (Å²) in [7, 11) is 1.86. The van der Waals surface area contributed by atoms with E-state index in [0.29, 0.717) is 19.5 Å². The summed E-state index contributed by atoms with van der Waals surface area (Å²) in [5, 5.41) is 11.7. The predicted molar refractivity (Wildman–Crippen MR) is 57.0 cm³/mol. The largest absolute Gasteiger partial charge is 0.395 e. The first kappa shape index (κ1) is 13.1. The van der Waals surface area contributed by atoms with Crippen LogP contribution in [0.15, 0.2) is 12.7 Å². The third kappa shape index (κ3) is 5.72. The minimum absolute atomic E-state index is 0.00556. The molecule has 4 heteroatoms. The molecule has 0 aromatic rings. The number of nitrogens with zero attached hydrogens (tertiary/aromatic N) is 1. The van der Waals surface area contributed by atoms with Gasteiger partial charge in [0.25, 0.3) is 0 Å². The summed E-state index contributed by atoms with van der Waals surface area (Å²) in [6.45, 7) is 5.33. The number of aliphatic hydroxyl groups is 1. The van der Waals surface area contributed by atoms with Crippen LogP contribution < -0.4 is 5.32 Å². The first-order valence-electron chi connectivity index (χ1n) is 4.90. The van der Waals surface area contributed by atoms with Crippen LogP contribution in [-0.2, 0) is 4.79 Å². The van der Waals surface area contributed by atoms with Gasteiger partial charge in [0.15, 0.2) is 0 Å². The summed E-state index contributed by atoms with van der Waals surface area (Å²) < 4.78 is 0. The van der Waals surface area contributed by atoms with Crippen molar-refractivity contribution < 1.29 is 9.90 Å². The van der Waals surface area contributed by atoms with Crippen molar-refractivity contribution in [2.24, 2.45) is 0 Å². The SMILES string of the molecule is C=CCN(CCO)C(=O)CCCNC. The van der Waals surface area contributed by atoms with Crippen molar-refractivity contribution in [3.63, 3.8) is 0 Å². The molecule has 0 saturated carbocycles. The molecule has 0 aliphatic heterocycles. The highest BCUT2D eigenvalue weighted by Gasteiger charge is 2.09. The summed E-state index contributed by atoms with van der Waals surface area (Å²) in [6.07, 6.45) is 3.02. The lowest BCUT2D eigenvalue weighted by atomic mass is 10.2. The molecule has 0 atom stereocenters. The van der Waals surface area contributed by atoms with Gasteiger partial charge < -0.3 is 15.3 Å². The minimum Gasteiger partial charge on any atom is -0.395 e. The molecule has 0 bridgehead atoms. The van der Waals surface area contributed by atoms with Gasteiger partial charge in [0.05, 0.1) is 6.61 Å². The maximum atomic E-state index is 11.5. The number of carbonyl (C=O) groups excluding carboxylic acids is 1. The van der Waals surface area contributed by atoms with Gasteiger partial charge in [-0.3, -0.25) is 4.79 Å². The van der Waals surface area contributed by atoms with E-state index in [1.165, 1.54) is 0 Å². The summed E-state index contributed by atoms with van der Waals surface area (Å²) in [5.41, 5.74) is 0. The molecule has 14 heavy (non-hydrogen) atoms. The number of amides is 1. The van der Waals surface area contributed by atoms with Gasteiger partial charge in [-0.15, -0.1) is 6.58 Å². The molecule has 0 radical (unpaired) electrons. The molecule has 0 heterocycles. The third-order valence-electron chi connectivity index (χ3n) is 1.89. The molecular weight excluding hydrogens is 180 g/mol. The highest BCUT2D eigenvalue weighted by atomic mass is 16.3. The van der Waals surface area contributed by atoms with Gasteiger partial charge in [0.1, 0.15) is 0 Å². The Hall–Kier alpha value is -0.870. The van der Waals surface area contributed by atoms with Crippen LogP contribution in [-0.4, -0.2) is 49.2 Å². The molecule has 0 aromatic heterocycles. The Morgan fingerprint density at radius 2 is 2.36 bits per heavy atom. The topological polar surface area (TPSA) is 52.6 Å². The van der Waals surface area contributed by atoms with Gasteiger partial charge in [-0.2, -0.15) is 0 Å². The molecule has 2 N–H and O–H groups in total. The number of hydrogen-bond acceptors (Lipinski definition) is 3. The van der Waals surface area contributed by atoms with E-state index in [2.05, 4.69) is 11.9 Å². The zero-order chi connectivity index (χ0) is 10.8. The van der Waals surface area contributed by atoms with Crippen molar-refractivity contribution in [2.45, 2.75) is 12.8 Å². The van der Waals surface area contributed by atoms with Crippen molar-refractivity contribution in [3.05, 3.63) is 12.7 Å². The molecule has 82 valence electrons. The summed E-state index contributed by atoms with van der Waals surface area (Å²) in [5.74, 6) is 0.0780. The summed E-state index contributed by atoms with van der Waals surface area (Å²) in [4.78, 5) is 13.2. The van der Waals surface area contributed by atoms with E-state index >= 15 is 0 Å². The zero-order valence-electron chi connectivity index (χ0n) is 8.83. The highest BCUT2D eigenvalue weighted by molar-refractivity contribution is 5.76. The second-order valence-corrected chi connectivity index (χ2v) is 3.06. The molecule has 0 aliphatic carbocycles. The van der Waals surface area contributed by atoms with Crippen molar-refractivity contribution in [2.75, 3.05) is 33.3 Å². The van der Waals surface area contributed by atoms with Gasteiger partial charge in [-0.1, -0.05) is 6.08 Å². The van der Waals surface area contributed by atoms with Crippen LogP contribution in [0.25, 0.3) is 0 Å². The summed E-state index contributed by atoms with van der Waals surface area (Å²) in [6, 6.07) is 0. The molecule has 0 aromatic carbocycles. The molecule has 0 rings (SSSR count). The predicted octanol–water partition coefficient (Wildman–Crippen LogP) is -0.00710. The average Bonchev–Trinajstić information content (AvgIpc) is 2.18. The molecule has 0 spiro atoms. The first-order valence-corrected chi connectivity index (χ1v) is 4.90. The standard InChI is InChI=1S/C10H20N2O2/c1-3-7-12(8-9-13)10(14)5-4-6-11-2/h3,11,13H,1,4-9H2,2H3. The lowest BCUT2D eigenvalue weighted by molar-refractivity contribution is -0.131. The number of hydrogen-bond donors (Lipinski definition) is 2. The fourth-order valence-corrected chi connectivity index (χ4v) is 1.17. The molecule has 0 fully saturated rings. The molecule has 0 unspecified atom stereocenters. The van der Waals surface area contributed by atoms with Gasteiger partial charge in [0, 0.05) is 19.5 Å². The van der Waals surface area contributed by atoms with E-state index in [4.69, 9.17) is 5.11 Å². The van der Waals surface area contributed by atoms with Crippen LogP contribution >= 0.6 is 0 Å². The number of aliphatic hydroxyl groups excluding tert-OH is 1. The zero-order valence-corrected chi connectivity index (χ0v) is 8.83. The second kappa shape index (κ2) is 8.72. The lowest BCUT2D eigenvalue weighted by Gasteiger charge is -2.19. The number of rotatable bonds is 8. The minimum atomic E-state index is 0.00556. The van der Waals surface area contributed by atoms with Crippen LogP contribution in [0.1, 0.15) is 12.8 Å². The fraction of sp³-hybridized carbons (Fsp3) is 0.700. The van der Waals surface area contributed by atoms with Crippen LogP contribution in [0, 0.1) is 0 Å². The maximum absolute atomic E-state index is 11.5. The lowest BCUT2D eigenvalue weighted by Crippen LogP contribution is -2.33.